The summed E-state index contributed by atoms with van der Waals surface area (Å²) in [5.74, 6) is 0.651. The van der Waals surface area contributed by atoms with E-state index in [0.29, 0.717) is 0 Å². The summed E-state index contributed by atoms with van der Waals surface area (Å²) in [6, 6.07) is 7.04. The average molecular weight is 259 g/mol. The molecule has 0 bridgehead atoms. The van der Waals surface area contributed by atoms with Gasteiger partial charge in [-0.2, -0.15) is 0 Å². The van der Waals surface area contributed by atoms with Gasteiger partial charge in [-0.3, -0.25) is 4.79 Å². The smallest absolute Gasteiger partial charge is 0.237 e. The second kappa shape index (κ2) is 7.14. The zero-order valence-corrected chi connectivity index (χ0v) is 11.1. The molecule has 0 heterocycles. The number of ether oxygens (including phenoxy) is 1. The Morgan fingerprint density at radius 2 is 1.82 bits per heavy atom. The van der Waals surface area contributed by atoms with Gasteiger partial charge in [0.15, 0.2) is 0 Å². The van der Waals surface area contributed by atoms with Gasteiger partial charge in [0.25, 0.3) is 0 Å². The molecule has 0 saturated carbocycles. The Morgan fingerprint density at radius 3 is 2.24 bits per heavy atom. The van der Waals surface area contributed by atoms with Crippen molar-refractivity contribution in [3.05, 3.63) is 29.8 Å². The molecule has 2 atom stereocenters. The molecule has 0 saturated heterocycles. The number of benzene rings is 1. The van der Waals surface area contributed by atoms with Crippen LogP contribution in [0.1, 0.15) is 25.5 Å². The second-order valence-electron chi connectivity index (χ2n) is 3.79. The van der Waals surface area contributed by atoms with Gasteiger partial charge < -0.3 is 15.8 Å². The van der Waals surface area contributed by atoms with E-state index in [0.717, 1.165) is 11.3 Å². The fourth-order valence-corrected chi connectivity index (χ4v) is 1.32. The largest absolute Gasteiger partial charge is 0.497 e. The van der Waals surface area contributed by atoms with Gasteiger partial charge in [-0.25, -0.2) is 0 Å². The first-order valence-electron chi connectivity index (χ1n) is 5.24. The third kappa shape index (κ3) is 4.63. The van der Waals surface area contributed by atoms with Crippen molar-refractivity contribution in [3.8, 4) is 5.75 Å². The molecule has 1 aromatic carbocycles. The van der Waals surface area contributed by atoms with E-state index in [4.69, 9.17) is 10.5 Å². The average Bonchev–Trinajstić information content (AvgIpc) is 2.28. The Balaban J connectivity index is 0.00000256. The summed E-state index contributed by atoms with van der Waals surface area (Å²) in [6.45, 7) is 3.58. The van der Waals surface area contributed by atoms with Crippen molar-refractivity contribution >= 4 is 18.3 Å². The number of nitrogens with one attached hydrogen (secondary N) is 1. The zero-order valence-electron chi connectivity index (χ0n) is 10.3. The number of amides is 1. The van der Waals surface area contributed by atoms with Crippen LogP contribution in [0.5, 0.6) is 5.75 Å². The van der Waals surface area contributed by atoms with Gasteiger partial charge in [0.2, 0.25) is 5.91 Å². The van der Waals surface area contributed by atoms with E-state index in [1.807, 2.05) is 31.2 Å². The van der Waals surface area contributed by atoms with Crippen LogP contribution < -0.4 is 15.8 Å². The predicted molar refractivity (Wildman–Crippen MR) is 70.4 cm³/mol. The van der Waals surface area contributed by atoms with Crippen LogP contribution in [0.15, 0.2) is 24.3 Å². The lowest BCUT2D eigenvalue weighted by atomic mass is 10.1. The highest BCUT2D eigenvalue weighted by atomic mass is 35.5. The molecule has 5 heteroatoms. The van der Waals surface area contributed by atoms with Crippen LogP contribution in [0.2, 0.25) is 0 Å². The molecule has 0 aromatic heterocycles. The van der Waals surface area contributed by atoms with Crippen LogP contribution in [0.4, 0.5) is 0 Å². The van der Waals surface area contributed by atoms with Crippen molar-refractivity contribution in [1.29, 1.82) is 0 Å². The molecule has 0 spiro atoms. The van der Waals surface area contributed by atoms with Gasteiger partial charge in [-0.15, -0.1) is 12.4 Å². The fourth-order valence-electron chi connectivity index (χ4n) is 1.32. The quantitative estimate of drug-likeness (QED) is 0.863. The monoisotopic (exact) mass is 258 g/mol. The fraction of sp³-hybridized carbons (Fsp3) is 0.417. The number of carbonyl (C=O) groups is 1. The van der Waals surface area contributed by atoms with Crippen molar-refractivity contribution in [2.45, 2.75) is 25.9 Å². The summed E-state index contributed by atoms with van der Waals surface area (Å²) in [5.41, 5.74) is 6.50. The highest BCUT2D eigenvalue weighted by molar-refractivity contribution is 5.85. The summed E-state index contributed by atoms with van der Waals surface area (Å²) in [6.07, 6.45) is 0. The maximum absolute atomic E-state index is 11.4. The lowest BCUT2D eigenvalue weighted by Gasteiger charge is -2.16. The molecule has 0 aliphatic rings. The van der Waals surface area contributed by atoms with Crippen molar-refractivity contribution < 1.29 is 9.53 Å². The minimum atomic E-state index is -0.485. The van der Waals surface area contributed by atoms with Gasteiger partial charge in [-0.05, 0) is 31.5 Å². The normalized spacial score (nSPS) is 13.2. The molecule has 96 valence electrons. The number of methoxy groups -OCH3 is 1. The van der Waals surface area contributed by atoms with E-state index >= 15 is 0 Å². The van der Waals surface area contributed by atoms with Crippen molar-refractivity contribution in [2.75, 3.05) is 7.11 Å². The van der Waals surface area contributed by atoms with E-state index in [2.05, 4.69) is 5.32 Å². The van der Waals surface area contributed by atoms with E-state index in [9.17, 15) is 4.79 Å². The summed E-state index contributed by atoms with van der Waals surface area (Å²) in [7, 11) is 1.62. The lowest BCUT2D eigenvalue weighted by molar-refractivity contribution is -0.122. The molecule has 0 radical (unpaired) electrons. The summed E-state index contributed by atoms with van der Waals surface area (Å²) >= 11 is 0. The molecule has 1 aromatic rings. The van der Waals surface area contributed by atoms with Crippen LogP contribution in [-0.2, 0) is 4.79 Å². The van der Waals surface area contributed by atoms with Crippen LogP contribution in [0, 0.1) is 0 Å². The molecule has 3 N–H and O–H groups in total. The minimum absolute atomic E-state index is 0. The Labute approximate surface area is 108 Å². The molecular weight excluding hydrogens is 240 g/mol. The number of hydrogen-bond donors (Lipinski definition) is 2. The summed E-state index contributed by atoms with van der Waals surface area (Å²) in [4.78, 5) is 11.4. The Morgan fingerprint density at radius 1 is 1.29 bits per heavy atom. The molecular formula is C12H19ClN2O2. The first-order chi connectivity index (χ1) is 7.54. The summed E-state index contributed by atoms with van der Waals surface area (Å²) < 4.78 is 5.06. The highest BCUT2D eigenvalue weighted by Crippen LogP contribution is 2.17. The number of halogens is 1. The first kappa shape index (κ1) is 15.7. The second-order valence-corrected chi connectivity index (χ2v) is 3.79. The third-order valence-electron chi connectivity index (χ3n) is 2.39. The molecule has 4 nitrogen and oxygen atoms in total. The minimum Gasteiger partial charge on any atom is -0.497 e. The van der Waals surface area contributed by atoms with Crippen molar-refractivity contribution in [2.24, 2.45) is 5.73 Å². The molecule has 1 unspecified atom stereocenters. The molecule has 0 aliphatic heterocycles. The van der Waals surface area contributed by atoms with Gasteiger partial charge >= 0.3 is 0 Å². The van der Waals surface area contributed by atoms with E-state index in [1.54, 1.807) is 14.0 Å². The van der Waals surface area contributed by atoms with Gasteiger partial charge in [0.05, 0.1) is 19.2 Å². The molecule has 0 aliphatic carbocycles. The van der Waals surface area contributed by atoms with Gasteiger partial charge in [0, 0.05) is 0 Å². The van der Waals surface area contributed by atoms with Crippen molar-refractivity contribution in [1.82, 2.24) is 5.32 Å². The maximum Gasteiger partial charge on any atom is 0.237 e. The summed E-state index contributed by atoms with van der Waals surface area (Å²) in [5, 5.41) is 2.83. The number of nitrogens with two attached hydrogens (primary N) is 1. The van der Waals surface area contributed by atoms with Gasteiger partial charge in [-0.1, -0.05) is 12.1 Å². The SMILES string of the molecule is COc1ccc(C(C)NC(=O)[C@H](C)N)cc1.Cl. The van der Waals surface area contributed by atoms with E-state index in [1.165, 1.54) is 0 Å². The van der Waals surface area contributed by atoms with Crippen LogP contribution in [0.3, 0.4) is 0 Å². The standard InChI is InChI=1S/C12H18N2O2.ClH/c1-8(13)12(15)14-9(2)10-4-6-11(16-3)7-5-10;/h4-9H,13H2,1-3H3,(H,14,15);1H/t8-,9?;/m0./s1. The maximum atomic E-state index is 11.4. The Hall–Kier alpha value is -1.26. The van der Waals surface area contributed by atoms with Crippen molar-refractivity contribution in [3.63, 3.8) is 0 Å². The third-order valence-corrected chi connectivity index (χ3v) is 2.39. The Kier molecular flexibility index (Phi) is 6.61. The predicted octanol–water partition coefficient (Wildman–Crippen LogP) is 1.64. The number of rotatable bonds is 4. The Bertz CT molecular complexity index is 352. The molecule has 17 heavy (non-hydrogen) atoms. The van der Waals surface area contributed by atoms with Crippen LogP contribution in [-0.4, -0.2) is 19.1 Å². The molecule has 0 fully saturated rings. The lowest BCUT2D eigenvalue weighted by Crippen LogP contribution is -2.39. The van der Waals surface area contributed by atoms with Crippen LogP contribution >= 0.6 is 12.4 Å². The zero-order chi connectivity index (χ0) is 12.1. The molecule has 1 amide bonds. The number of hydrogen-bond acceptors (Lipinski definition) is 3. The highest BCUT2D eigenvalue weighted by Gasteiger charge is 2.12. The number of carbonyl (C=O) groups excluding carboxylic acids is 1. The van der Waals surface area contributed by atoms with Crippen LogP contribution in [0.25, 0.3) is 0 Å². The van der Waals surface area contributed by atoms with E-state index < -0.39 is 6.04 Å². The van der Waals surface area contributed by atoms with Gasteiger partial charge in [0.1, 0.15) is 5.75 Å². The van der Waals surface area contributed by atoms with E-state index in [-0.39, 0.29) is 24.4 Å². The topological polar surface area (TPSA) is 64.3 Å². The first-order valence-corrected chi connectivity index (χ1v) is 5.24. The molecule has 1 rings (SSSR count).